The largest absolute Gasteiger partial charge is 0.619 e. The van der Waals surface area contributed by atoms with Crippen LogP contribution in [0.15, 0.2) is 24.5 Å². The summed E-state index contributed by atoms with van der Waals surface area (Å²) in [6.45, 7) is 5.40. The van der Waals surface area contributed by atoms with Crippen LogP contribution in [0.4, 0.5) is 4.79 Å². The van der Waals surface area contributed by atoms with Crippen molar-refractivity contribution in [1.82, 2.24) is 5.32 Å². The van der Waals surface area contributed by atoms with Crippen LogP contribution in [0.1, 0.15) is 38.9 Å². The SMILES string of the molecule is CC(C)(C)OC(=O)NCCC(O)C(O)c1ccc[n+]([O-])c1. The Morgan fingerprint density at radius 2 is 2.14 bits per heavy atom. The Kier molecular flexibility index (Phi) is 5.92. The average Bonchev–Trinajstić information content (AvgIpc) is 2.35. The fraction of sp³-hybridized carbons (Fsp3) is 0.571. The first-order valence-corrected chi connectivity index (χ1v) is 6.71. The highest BCUT2D eigenvalue weighted by Crippen LogP contribution is 2.17. The molecule has 2 atom stereocenters. The van der Waals surface area contributed by atoms with Crippen molar-refractivity contribution in [2.45, 2.75) is 45.0 Å². The fourth-order valence-electron chi connectivity index (χ4n) is 1.66. The number of aliphatic hydroxyl groups excluding tert-OH is 2. The van der Waals surface area contributed by atoms with E-state index >= 15 is 0 Å². The van der Waals surface area contributed by atoms with Crippen LogP contribution < -0.4 is 10.0 Å². The molecular formula is C14H22N2O5. The predicted octanol–water partition coefficient (Wildman–Crippen LogP) is 0.629. The van der Waals surface area contributed by atoms with Crippen molar-refractivity contribution in [1.29, 1.82) is 0 Å². The molecule has 21 heavy (non-hydrogen) atoms. The molecule has 0 fully saturated rings. The van der Waals surface area contributed by atoms with Crippen LogP contribution in [0.5, 0.6) is 0 Å². The van der Waals surface area contributed by atoms with Crippen LogP contribution in [0.25, 0.3) is 0 Å². The molecule has 7 heteroatoms. The molecule has 1 aromatic heterocycles. The lowest BCUT2D eigenvalue weighted by atomic mass is 10.0. The second kappa shape index (κ2) is 7.24. The van der Waals surface area contributed by atoms with E-state index in [0.717, 1.165) is 0 Å². The molecule has 0 saturated carbocycles. The Bertz CT molecular complexity index is 473. The van der Waals surface area contributed by atoms with Gasteiger partial charge in [-0.15, -0.1) is 0 Å². The van der Waals surface area contributed by atoms with Gasteiger partial charge in [0.2, 0.25) is 0 Å². The van der Waals surface area contributed by atoms with E-state index in [0.29, 0.717) is 10.3 Å². The van der Waals surface area contributed by atoms with E-state index in [9.17, 15) is 20.2 Å². The predicted molar refractivity (Wildman–Crippen MR) is 75.2 cm³/mol. The second-order valence-electron chi connectivity index (χ2n) is 5.73. The maximum Gasteiger partial charge on any atom is 0.407 e. The summed E-state index contributed by atoms with van der Waals surface area (Å²) in [5.74, 6) is 0. The number of aromatic nitrogens is 1. The zero-order chi connectivity index (χ0) is 16.0. The minimum absolute atomic E-state index is 0.133. The number of rotatable bonds is 5. The van der Waals surface area contributed by atoms with Gasteiger partial charge in [-0.2, -0.15) is 4.73 Å². The summed E-state index contributed by atoms with van der Waals surface area (Å²) in [6, 6.07) is 3.03. The summed E-state index contributed by atoms with van der Waals surface area (Å²) in [4.78, 5) is 11.4. The van der Waals surface area contributed by atoms with E-state index in [1.165, 1.54) is 18.5 Å². The fourth-order valence-corrected chi connectivity index (χ4v) is 1.66. The lowest BCUT2D eigenvalue weighted by molar-refractivity contribution is -0.606. The normalized spacial score (nSPS) is 14.3. The molecule has 0 radical (unpaired) electrons. The van der Waals surface area contributed by atoms with Gasteiger partial charge in [0.15, 0.2) is 12.4 Å². The Morgan fingerprint density at radius 3 is 2.71 bits per heavy atom. The highest BCUT2D eigenvalue weighted by Gasteiger charge is 2.21. The van der Waals surface area contributed by atoms with E-state index in [1.54, 1.807) is 26.8 Å². The molecule has 3 N–H and O–H groups in total. The molecule has 0 aliphatic heterocycles. The van der Waals surface area contributed by atoms with Crippen molar-refractivity contribution in [2.24, 2.45) is 0 Å². The third kappa shape index (κ3) is 6.42. The van der Waals surface area contributed by atoms with E-state index < -0.39 is 23.9 Å². The smallest absolute Gasteiger partial charge is 0.407 e. The molecule has 0 aliphatic carbocycles. The third-order valence-corrected chi connectivity index (χ3v) is 2.61. The summed E-state index contributed by atoms with van der Waals surface area (Å²) in [5.41, 5.74) is -0.272. The van der Waals surface area contributed by atoms with E-state index in [1.807, 2.05) is 0 Å². The number of nitrogens with zero attached hydrogens (tertiary/aromatic N) is 1. The van der Waals surface area contributed by atoms with Gasteiger partial charge in [0.05, 0.1) is 6.10 Å². The number of aliphatic hydroxyl groups is 2. The van der Waals surface area contributed by atoms with Crippen LogP contribution in [0.2, 0.25) is 0 Å². The van der Waals surface area contributed by atoms with Crippen molar-refractivity contribution >= 4 is 6.09 Å². The number of hydrogen-bond acceptors (Lipinski definition) is 5. The maximum atomic E-state index is 11.4. The molecule has 7 nitrogen and oxygen atoms in total. The number of amides is 1. The molecule has 1 rings (SSSR count). The first kappa shape index (κ1) is 17.2. The molecule has 0 spiro atoms. The Labute approximate surface area is 123 Å². The molecule has 2 unspecified atom stereocenters. The van der Waals surface area contributed by atoms with Gasteiger partial charge in [0.25, 0.3) is 0 Å². The number of carbonyl (C=O) groups is 1. The van der Waals surface area contributed by atoms with E-state index in [-0.39, 0.29) is 13.0 Å². The highest BCUT2D eigenvalue weighted by atomic mass is 16.6. The van der Waals surface area contributed by atoms with E-state index in [2.05, 4.69) is 5.32 Å². The molecule has 0 saturated heterocycles. The van der Waals surface area contributed by atoms with Gasteiger partial charge in [0, 0.05) is 18.2 Å². The number of carbonyl (C=O) groups excluding carboxylic acids is 1. The van der Waals surface area contributed by atoms with Gasteiger partial charge in [-0.1, -0.05) is 0 Å². The van der Waals surface area contributed by atoms with Crippen molar-refractivity contribution < 1.29 is 24.5 Å². The Morgan fingerprint density at radius 1 is 1.48 bits per heavy atom. The minimum Gasteiger partial charge on any atom is -0.619 e. The van der Waals surface area contributed by atoms with Gasteiger partial charge >= 0.3 is 6.09 Å². The number of pyridine rings is 1. The summed E-state index contributed by atoms with van der Waals surface area (Å²) in [7, 11) is 0. The van der Waals surface area contributed by atoms with Gasteiger partial charge in [-0.3, -0.25) is 0 Å². The summed E-state index contributed by atoms with van der Waals surface area (Å²) in [6.07, 6.45) is -0.258. The molecule has 1 aromatic rings. The highest BCUT2D eigenvalue weighted by molar-refractivity contribution is 5.67. The van der Waals surface area contributed by atoms with Crippen LogP contribution in [0.3, 0.4) is 0 Å². The number of alkyl carbamates (subject to hydrolysis) is 1. The lowest BCUT2D eigenvalue weighted by Gasteiger charge is -2.21. The molecule has 118 valence electrons. The molecule has 0 bridgehead atoms. The maximum absolute atomic E-state index is 11.4. The minimum atomic E-state index is -1.19. The van der Waals surface area contributed by atoms with Crippen molar-refractivity contribution in [3.8, 4) is 0 Å². The van der Waals surface area contributed by atoms with Gasteiger partial charge in [-0.05, 0) is 33.3 Å². The van der Waals surface area contributed by atoms with E-state index in [4.69, 9.17) is 4.74 Å². The van der Waals surface area contributed by atoms with Gasteiger partial charge < -0.3 is 25.5 Å². The summed E-state index contributed by atoms with van der Waals surface area (Å²) in [5, 5.41) is 33.4. The lowest BCUT2D eigenvalue weighted by Crippen LogP contribution is -2.35. The van der Waals surface area contributed by atoms with Gasteiger partial charge in [-0.25, -0.2) is 4.79 Å². The second-order valence-corrected chi connectivity index (χ2v) is 5.73. The topological polar surface area (TPSA) is 106 Å². The van der Waals surface area contributed by atoms with Crippen LogP contribution in [-0.4, -0.2) is 34.6 Å². The third-order valence-electron chi connectivity index (χ3n) is 2.61. The molecule has 0 aromatic carbocycles. The first-order valence-electron chi connectivity index (χ1n) is 6.71. The quantitative estimate of drug-likeness (QED) is 0.546. The van der Waals surface area contributed by atoms with Gasteiger partial charge in [0.1, 0.15) is 11.7 Å². The number of hydrogen-bond donors (Lipinski definition) is 3. The van der Waals surface area contributed by atoms with Crippen molar-refractivity contribution in [3.63, 3.8) is 0 Å². The average molecular weight is 298 g/mol. The Hall–Kier alpha value is -1.86. The summed E-state index contributed by atoms with van der Waals surface area (Å²) >= 11 is 0. The van der Waals surface area contributed by atoms with Crippen LogP contribution in [-0.2, 0) is 4.74 Å². The zero-order valence-electron chi connectivity index (χ0n) is 12.4. The first-order chi connectivity index (χ1) is 9.69. The Balaban J connectivity index is 2.40. The van der Waals surface area contributed by atoms with Crippen LogP contribution >= 0.6 is 0 Å². The zero-order valence-corrected chi connectivity index (χ0v) is 12.4. The molecule has 0 aliphatic rings. The molecular weight excluding hydrogens is 276 g/mol. The van der Waals surface area contributed by atoms with Crippen LogP contribution in [0, 0.1) is 5.21 Å². The van der Waals surface area contributed by atoms with Crippen molar-refractivity contribution in [3.05, 3.63) is 35.3 Å². The molecule has 1 heterocycles. The molecule has 1 amide bonds. The summed E-state index contributed by atoms with van der Waals surface area (Å²) < 4.78 is 5.59. The standard InChI is InChI=1S/C14H22N2O5/c1-14(2,3)21-13(19)15-7-6-11(17)12(18)10-5-4-8-16(20)9-10/h4-5,8-9,11-12,17-18H,6-7H2,1-3H3,(H,15,19). The monoisotopic (exact) mass is 298 g/mol. The number of nitrogens with one attached hydrogen (secondary N) is 1. The number of ether oxygens (including phenoxy) is 1. The van der Waals surface area contributed by atoms with Crippen molar-refractivity contribution in [2.75, 3.05) is 6.54 Å².